The van der Waals surface area contributed by atoms with E-state index in [0.29, 0.717) is 5.82 Å². The lowest BCUT2D eigenvalue weighted by atomic mass is 10.3. The normalized spacial score (nSPS) is 13.7. The number of aromatic amines is 1. The molecule has 0 fully saturated rings. The molecule has 2 N–H and O–H groups in total. The Morgan fingerprint density at radius 2 is 2.33 bits per heavy atom. The smallest absolute Gasteiger partial charge is 0.136 e. The first-order valence-electron chi connectivity index (χ1n) is 4.65. The van der Waals surface area contributed by atoms with E-state index in [1.165, 1.54) is 0 Å². The molecule has 1 atom stereocenters. The van der Waals surface area contributed by atoms with E-state index < -0.39 is 6.10 Å². The van der Waals surface area contributed by atoms with Crippen LogP contribution in [0.5, 0.6) is 0 Å². The van der Waals surface area contributed by atoms with Crippen LogP contribution in [-0.2, 0) is 0 Å². The maximum absolute atomic E-state index is 9.44. The van der Waals surface area contributed by atoms with Gasteiger partial charge in [0.25, 0.3) is 0 Å². The van der Waals surface area contributed by atoms with Crippen molar-refractivity contribution in [1.29, 1.82) is 0 Å². The fourth-order valence-corrected chi connectivity index (χ4v) is 2.44. The summed E-state index contributed by atoms with van der Waals surface area (Å²) in [5.41, 5.74) is 2.74. The first kappa shape index (κ1) is 8.82. The van der Waals surface area contributed by atoms with Gasteiger partial charge >= 0.3 is 0 Å². The third-order valence-corrected chi connectivity index (χ3v) is 3.26. The highest BCUT2D eigenvalue weighted by molar-refractivity contribution is 7.18. The molecule has 0 aliphatic heterocycles. The third-order valence-electron chi connectivity index (χ3n) is 2.34. The fraction of sp³-hybridized carbons (Fsp3) is 0.200. The van der Waals surface area contributed by atoms with Crippen molar-refractivity contribution < 1.29 is 5.11 Å². The predicted octanol–water partition coefficient (Wildman–Crippen LogP) is 2.23. The summed E-state index contributed by atoms with van der Waals surface area (Å²) in [7, 11) is 0. The number of H-pyrrole nitrogens is 1. The van der Waals surface area contributed by atoms with E-state index in [1.807, 2.05) is 11.4 Å². The van der Waals surface area contributed by atoms with Crippen molar-refractivity contribution in [2.45, 2.75) is 13.0 Å². The van der Waals surface area contributed by atoms with Crippen LogP contribution in [0.3, 0.4) is 0 Å². The first-order chi connectivity index (χ1) is 7.25. The quantitative estimate of drug-likeness (QED) is 0.659. The van der Waals surface area contributed by atoms with E-state index >= 15 is 0 Å². The summed E-state index contributed by atoms with van der Waals surface area (Å²) in [4.78, 5) is 11.7. The maximum Gasteiger partial charge on any atom is 0.136 e. The molecule has 3 rings (SSSR count). The molecule has 0 unspecified atom stereocenters. The average Bonchev–Trinajstić information content (AvgIpc) is 2.82. The largest absolute Gasteiger partial charge is 0.385 e. The molecule has 15 heavy (non-hydrogen) atoms. The number of hydrogen-bond acceptors (Lipinski definition) is 4. The molecule has 0 radical (unpaired) electrons. The van der Waals surface area contributed by atoms with Gasteiger partial charge in [-0.25, -0.2) is 4.98 Å². The van der Waals surface area contributed by atoms with Gasteiger partial charge in [0.2, 0.25) is 0 Å². The van der Waals surface area contributed by atoms with Crippen molar-refractivity contribution >= 4 is 32.6 Å². The molecule has 4 nitrogen and oxygen atoms in total. The minimum Gasteiger partial charge on any atom is -0.385 e. The molecule has 0 aromatic carbocycles. The van der Waals surface area contributed by atoms with E-state index in [-0.39, 0.29) is 0 Å². The molecular weight excluding hydrogens is 210 g/mol. The summed E-state index contributed by atoms with van der Waals surface area (Å²) < 4.78 is 1.09. The zero-order valence-corrected chi connectivity index (χ0v) is 8.88. The topological polar surface area (TPSA) is 61.8 Å². The number of rotatable bonds is 1. The third kappa shape index (κ3) is 1.24. The molecule has 5 heteroatoms. The lowest BCUT2D eigenvalue weighted by molar-refractivity contribution is 0.190. The van der Waals surface area contributed by atoms with Gasteiger partial charge in [-0.15, -0.1) is 11.3 Å². The number of nitrogens with one attached hydrogen (secondary N) is 1. The van der Waals surface area contributed by atoms with E-state index in [4.69, 9.17) is 0 Å². The van der Waals surface area contributed by atoms with Crippen LogP contribution in [0.4, 0.5) is 0 Å². The van der Waals surface area contributed by atoms with Crippen molar-refractivity contribution in [1.82, 2.24) is 15.0 Å². The number of hydrogen-bond donors (Lipinski definition) is 2. The molecule has 3 heterocycles. The van der Waals surface area contributed by atoms with E-state index in [1.54, 1.807) is 24.5 Å². The van der Waals surface area contributed by atoms with Crippen LogP contribution in [0, 0.1) is 0 Å². The maximum atomic E-state index is 9.44. The molecule has 76 valence electrons. The number of imidazole rings is 1. The van der Waals surface area contributed by atoms with Crippen molar-refractivity contribution in [3.05, 3.63) is 23.5 Å². The first-order valence-corrected chi connectivity index (χ1v) is 5.53. The SMILES string of the molecule is C[C@@H](O)c1nc2cnc3ccsc3c2[nH]1. The van der Waals surface area contributed by atoms with E-state index in [0.717, 1.165) is 21.3 Å². The minimum absolute atomic E-state index is 0.576. The number of pyridine rings is 1. The fourth-order valence-electron chi connectivity index (χ4n) is 1.59. The molecule has 0 spiro atoms. The molecular formula is C10H9N3OS. The molecule has 0 bridgehead atoms. The van der Waals surface area contributed by atoms with Gasteiger partial charge < -0.3 is 10.1 Å². The Labute approximate surface area is 89.6 Å². The molecule has 3 aromatic rings. The van der Waals surface area contributed by atoms with Gasteiger partial charge in [-0.3, -0.25) is 4.98 Å². The number of aliphatic hydroxyl groups excluding tert-OH is 1. The number of thiophene rings is 1. The highest BCUT2D eigenvalue weighted by Gasteiger charge is 2.10. The van der Waals surface area contributed by atoms with Gasteiger partial charge in [0, 0.05) is 0 Å². The van der Waals surface area contributed by atoms with E-state index in [2.05, 4.69) is 15.0 Å². The zero-order valence-electron chi connectivity index (χ0n) is 8.06. The Balaban J connectivity index is 2.41. The summed E-state index contributed by atoms with van der Waals surface area (Å²) in [5.74, 6) is 0.590. The number of aromatic nitrogens is 3. The average molecular weight is 219 g/mol. The summed E-state index contributed by atoms with van der Waals surface area (Å²) in [6.07, 6.45) is 1.15. The second-order valence-corrected chi connectivity index (χ2v) is 4.37. The Kier molecular flexibility index (Phi) is 1.77. The van der Waals surface area contributed by atoms with Crippen LogP contribution in [0.25, 0.3) is 21.3 Å². The Morgan fingerprint density at radius 3 is 3.13 bits per heavy atom. The van der Waals surface area contributed by atoms with Gasteiger partial charge in [-0.1, -0.05) is 0 Å². The van der Waals surface area contributed by atoms with Gasteiger partial charge in [0.15, 0.2) is 0 Å². The second-order valence-electron chi connectivity index (χ2n) is 3.45. The van der Waals surface area contributed by atoms with Crippen LogP contribution in [-0.4, -0.2) is 20.1 Å². The van der Waals surface area contributed by atoms with Crippen LogP contribution in [0.15, 0.2) is 17.6 Å². The van der Waals surface area contributed by atoms with Crippen molar-refractivity contribution in [2.75, 3.05) is 0 Å². The van der Waals surface area contributed by atoms with Gasteiger partial charge in [0.1, 0.15) is 17.4 Å². The highest BCUT2D eigenvalue weighted by atomic mass is 32.1. The number of fused-ring (bicyclic) bond motifs is 3. The Bertz CT molecular complexity index is 626. The number of nitrogens with zero attached hydrogens (tertiary/aromatic N) is 2. The van der Waals surface area contributed by atoms with Crippen LogP contribution >= 0.6 is 11.3 Å². The molecule has 0 saturated carbocycles. The van der Waals surface area contributed by atoms with Crippen LogP contribution in [0.2, 0.25) is 0 Å². The minimum atomic E-state index is -0.576. The van der Waals surface area contributed by atoms with Crippen molar-refractivity contribution in [2.24, 2.45) is 0 Å². The van der Waals surface area contributed by atoms with Crippen LogP contribution in [0.1, 0.15) is 18.9 Å². The Hall–Kier alpha value is -1.46. The van der Waals surface area contributed by atoms with Crippen LogP contribution < -0.4 is 0 Å². The molecule has 0 aliphatic rings. The van der Waals surface area contributed by atoms with Gasteiger partial charge in [-0.05, 0) is 18.4 Å². The summed E-state index contributed by atoms with van der Waals surface area (Å²) in [6, 6.07) is 1.97. The molecule has 3 aromatic heterocycles. The van der Waals surface area contributed by atoms with E-state index in [9.17, 15) is 5.11 Å². The monoisotopic (exact) mass is 219 g/mol. The standard InChI is InChI=1S/C10H9N3OS/c1-5(14)10-12-7-4-11-6-2-3-15-9(6)8(7)13-10/h2-5,14H,1H3,(H,12,13)/t5-/m1/s1. The van der Waals surface area contributed by atoms with Gasteiger partial charge in [-0.2, -0.15) is 0 Å². The highest BCUT2D eigenvalue weighted by Crippen LogP contribution is 2.27. The lowest BCUT2D eigenvalue weighted by Crippen LogP contribution is -1.92. The summed E-state index contributed by atoms with van der Waals surface area (Å²) in [5, 5.41) is 11.4. The Morgan fingerprint density at radius 1 is 1.47 bits per heavy atom. The predicted molar refractivity (Wildman–Crippen MR) is 59.9 cm³/mol. The second kappa shape index (κ2) is 3.01. The molecule has 0 aliphatic carbocycles. The zero-order chi connectivity index (χ0) is 10.4. The van der Waals surface area contributed by atoms with Crippen molar-refractivity contribution in [3.63, 3.8) is 0 Å². The van der Waals surface area contributed by atoms with Gasteiger partial charge in [0.05, 0.1) is 21.9 Å². The summed E-state index contributed by atoms with van der Waals surface area (Å²) in [6.45, 7) is 1.69. The molecule has 0 amide bonds. The summed E-state index contributed by atoms with van der Waals surface area (Å²) >= 11 is 1.63. The molecule has 0 saturated heterocycles. The number of aliphatic hydroxyl groups is 1. The lowest BCUT2D eigenvalue weighted by Gasteiger charge is -1.95. The van der Waals surface area contributed by atoms with Crippen molar-refractivity contribution in [3.8, 4) is 0 Å².